The highest BCUT2D eigenvalue weighted by Gasteiger charge is 2.10. The molecule has 0 aliphatic heterocycles. The number of hydrogen-bond acceptors (Lipinski definition) is 3. The van der Waals surface area contributed by atoms with E-state index in [9.17, 15) is 4.79 Å². The number of ether oxygens (including phenoxy) is 1. The second-order valence-corrected chi connectivity index (χ2v) is 4.84. The fraction of sp³-hybridized carbons (Fsp3) is 0.143. The first-order valence-corrected chi connectivity index (χ1v) is 6.47. The Hall–Kier alpha value is -1.88. The summed E-state index contributed by atoms with van der Waals surface area (Å²) in [5.74, 6) is 0.430. The maximum atomic E-state index is 12.1. The second kappa shape index (κ2) is 5.84. The van der Waals surface area contributed by atoms with Crippen LogP contribution in [0.4, 0.5) is 5.69 Å². The number of aromatic nitrogens is 1. The monoisotopic (exact) mass is 320 g/mol. The third-order valence-corrected chi connectivity index (χ3v) is 3.03. The first-order valence-electron chi connectivity index (χ1n) is 5.67. The molecule has 0 fully saturated rings. The van der Waals surface area contributed by atoms with E-state index >= 15 is 0 Å². The van der Waals surface area contributed by atoms with Gasteiger partial charge in [0.15, 0.2) is 0 Å². The van der Waals surface area contributed by atoms with Crippen LogP contribution in [0, 0.1) is 6.92 Å². The number of anilines is 1. The van der Waals surface area contributed by atoms with E-state index in [1.54, 1.807) is 25.4 Å². The number of nitrogens with zero attached hydrogens (tertiary/aromatic N) is 1. The molecule has 1 aromatic heterocycles. The smallest absolute Gasteiger partial charge is 0.255 e. The molecule has 0 saturated heterocycles. The molecular weight excluding hydrogens is 308 g/mol. The fourth-order valence-corrected chi connectivity index (χ4v) is 2.02. The maximum absolute atomic E-state index is 12.1. The molecule has 1 heterocycles. The lowest BCUT2D eigenvalue weighted by Crippen LogP contribution is -2.13. The third-order valence-electron chi connectivity index (χ3n) is 2.59. The zero-order valence-corrected chi connectivity index (χ0v) is 12.2. The van der Waals surface area contributed by atoms with E-state index in [4.69, 9.17) is 4.74 Å². The Morgan fingerprint density at radius 2 is 2.11 bits per heavy atom. The molecule has 0 bridgehead atoms. The van der Waals surface area contributed by atoms with Crippen LogP contribution in [0.5, 0.6) is 5.75 Å². The lowest BCUT2D eigenvalue weighted by molar-refractivity contribution is 0.102. The van der Waals surface area contributed by atoms with Crippen LogP contribution in [-0.4, -0.2) is 18.0 Å². The maximum Gasteiger partial charge on any atom is 0.255 e. The average molecular weight is 321 g/mol. The van der Waals surface area contributed by atoms with Gasteiger partial charge in [-0.25, -0.2) is 4.98 Å². The minimum absolute atomic E-state index is 0.202. The van der Waals surface area contributed by atoms with Gasteiger partial charge in [0.05, 0.1) is 12.8 Å². The van der Waals surface area contributed by atoms with E-state index in [0.29, 0.717) is 21.6 Å². The zero-order valence-electron chi connectivity index (χ0n) is 10.6. The highest BCUT2D eigenvalue weighted by atomic mass is 79.9. The molecule has 19 heavy (non-hydrogen) atoms. The van der Waals surface area contributed by atoms with Crippen molar-refractivity contribution in [3.63, 3.8) is 0 Å². The van der Waals surface area contributed by atoms with Crippen LogP contribution in [0.3, 0.4) is 0 Å². The lowest BCUT2D eigenvalue weighted by atomic mass is 10.2. The Kier molecular flexibility index (Phi) is 4.16. The summed E-state index contributed by atoms with van der Waals surface area (Å²) in [4.78, 5) is 16.1. The highest BCUT2D eigenvalue weighted by Crippen LogP contribution is 2.25. The normalized spacial score (nSPS) is 10.1. The SMILES string of the molecule is COc1ccc(C)cc1NC(=O)c1ccnc(Br)c1. The van der Waals surface area contributed by atoms with Gasteiger partial charge in [-0.05, 0) is 52.7 Å². The van der Waals surface area contributed by atoms with Crippen molar-refractivity contribution < 1.29 is 9.53 Å². The largest absolute Gasteiger partial charge is 0.495 e. The Morgan fingerprint density at radius 3 is 2.79 bits per heavy atom. The van der Waals surface area contributed by atoms with Crippen molar-refractivity contribution in [2.24, 2.45) is 0 Å². The molecule has 1 aromatic carbocycles. The third kappa shape index (κ3) is 3.32. The number of carbonyl (C=O) groups is 1. The molecule has 2 rings (SSSR count). The molecule has 4 nitrogen and oxygen atoms in total. The molecule has 0 radical (unpaired) electrons. The molecule has 0 aliphatic carbocycles. The standard InChI is InChI=1S/C14H13BrN2O2/c1-9-3-4-12(19-2)11(7-9)17-14(18)10-5-6-16-13(15)8-10/h3-8H,1-2H3,(H,17,18). The summed E-state index contributed by atoms with van der Waals surface area (Å²) in [5.41, 5.74) is 2.23. The molecular formula is C14H13BrN2O2. The van der Waals surface area contributed by atoms with E-state index in [1.807, 2.05) is 25.1 Å². The quantitative estimate of drug-likeness (QED) is 0.882. The number of halogens is 1. The predicted octanol–water partition coefficient (Wildman–Crippen LogP) is 3.41. The zero-order chi connectivity index (χ0) is 13.8. The Morgan fingerprint density at radius 1 is 1.32 bits per heavy atom. The lowest BCUT2D eigenvalue weighted by Gasteiger charge is -2.11. The number of hydrogen-bond donors (Lipinski definition) is 1. The van der Waals surface area contributed by atoms with E-state index in [2.05, 4.69) is 26.2 Å². The molecule has 0 spiro atoms. The van der Waals surface area contributed by atoms with Crippen LogP contribution in [-0.2, 0) is 0 Å². The van der Waals surface area contributed by atoms with Crippen molar-refractivity contribution in [1.29, 1.82) is 0 Å². The van der Waals surface area contributed by atoms with Crippen molar-refractivity contribution in [3.05, 3.63) is 52.3 Å². The molecule has 0 atom stereocenters. The molecule has 0 saturated carbocycles. The number of aryl methyl sites for hydroxylation is 1. The summed E-state index contributed by atoms with van der Waals surface area (Å²) in [6.07, 6.45) is 1.58. The van der Waals surface area contributed by atoms with Gasteiger partial charge < -0.3 is 10.1 Å². The van der Waals surface area contributed by atoms with Crippen LogP contribution in [0.25, 0.3) is 0 Å². The summed E-state index contributed by atoms with van der Waals surface area (Å²) < 4.78 is 5.85. The Bertz CT molecular complexity index is 614. The number of pyridine rings is 1. The number of nitrogens with one attached hydrogen (secondary N) is 1. The minimum Gasteiger partial charge on any atom is -0.495 e. The van der Waals surface area contributed by atoms with Gasteiger partial charge in [0.2, 0.25) is 0 Å². The van der Waals surface area contributed by atoms with Gasteiger partial charge in [0, 0.05) is 11.8 Å². The van der Waals surface area contributed by atoms with E-state index in [-0.39, 0.29) is 5.91 Å². The van der Waals surface area contributed by atoms with E-state index in [1.165, 1.54) is 0 Å². The topological polar surface area (TPSA) is 51.2 Å². The number of benzene rings is 1. The molecule has 1 amide bonds. The van der Waals surface area contributed by atoms with Crippen molar-refractivity contribution in [3.8, 4) is 5.75 Å². The first kappa shape index (κ1) is 13.5. The molecule has 0 aliphatic rings. The summed E-state index contributed by atoms with van der Waals surface area (Å²) in [5, 5.41) is 2.83. The first-order chi connectivity index (χ1) is 9.10. The van der Waals surface area contributed by atoms with Crippen LogP contribution in [0.1, 0.15) is 15.9 Å². The number of rotatable bonds is 3. The Balaban J connectivity index is 2.26. The number of methoxy groups -OCH3 is 1. The fourth-order valence-electron chi connectivity index (χ4n) is 1.66. The molecule has 2 aromatic rings. The molecule has 5 heteroatoms. The summed E-state index contributed by atoms with van der Waals surface area (Å²) in [6, 6.07) is 8.94. The van der Waals surface area contributed by atoms with E-state index in [0.717, 1.165) is 5.56 Å². The van der Waals surface area contributed by atoms with Crippen LogP contribution >= 0.6 is 15.9 Å². The second-order valence-electron chi connectivity index (χ2n) is 4.03. The van der Waals surface area contributed by atoms with Crippen LogP contribution < -0.4 is 10.1 Å². The summed E-state index contributed by atoms with van der Waals surface area (Å²) in [7, 11) is 1.57. The average Bonchev–Trinajstić information content (AvgIpc) is 2.39. The van der Waals surface area contributed by atoms with Gasteiger partial charge >= 0.3 is 0 Å². The van der Waals surface area contributed by atoms with Crippen LogP contribution in [0.15, 0.2) is 41.1 Å². The Labute approximate surface area is 119 Å². The number of carbonyl (C=O) groups excluding carboxylic acids is 1. The van der Waals surface area contributed by atoms with E-state index < -0.39 is 0 Å². The minimum atomic E-state index is -0.202. The molecule has 1 N–H and O–H groups in total. The molecule has 98 valence electrons. The number of amides is 1. The van der Waals surface area contributed by atoms with Gasteiger partial charge in [0.1, 0.15) is 10.4 Å². The van der Waals surface area contributed by atoms with Gasteiger partial charge in [-0.3, -0.25) is 4.79 Å². The molecule has 0 unspecified atom stereocenters. The van der Waals surface area contributed by atoms with Gasteiger partial charge in [-0.15, -0.1) is 0 Å². The van der Waals surface area contributed by atoms with Gasteiger partial charge in [0.25, 0.3) is 5.91 Å². The van der Waals surface area contributed by atoms with Crippen molar-refractivity contribution in [2.45, 2.75) is 6.92 Å². The highest BCUT2D eigenvalue weighted by molar-refractivity contribution is 9.10. The van der Waals surface area contributed by atoms with Crippen molar-refractivity contribution >= 4 is 27.5 Å². The summed E-state index contributed by atoms with van der Waals surface area (Å²) in [6.45, 7) is 1.96. The van der Waals surface area contributed by atoms with Crippen molar-refractivity contribution in [1.82, 2.24) is 4.98 Å². The summed E-state index contributed by atoms with van der Waals surface area (Å²) >= 11 is 3.24. The van der Waals surface area contributed by atoms with Crippen LogP contribution in [0.2, 0.25) is 0 Å². The van der Waals surface area contributed by atoms with Gasteiger partial charge in [-0.2, -0.15) is 0 Å². The van der Waals surface area contributed by atoms with Gasteiger partial charge in [-0.1, -0.05) is 6.07 Å². The van der Waals surface area contributed by atoms with Crippen molar-refractivity contribution in [2.75, 3.05) is 12.4 Å². The predicted molar refractivity (Wildman–Crippen MR) is 77.6 cm³/mol.